The van der Waals surface area contributed by atoms with Crippen LogP contribution in [-0.2, 0) is 0 Å². The Morgan fingerprint density at radius 2 is 1.65 bits per heavy atom. The van der Waals surface area contributed by atoms with E-state index in [1.807, 2.05) is 30.3 Å². The monoisotopic (exact) mass is 283 g/mol. The number of ether oxygens (including phenoxy) is 1. The van der Waals surface area contributed by atoms with Crippen LogP contribution in [0.25, 0.3) is 11.1 Å². The number of halogens is 1. The molecule has 2 aromatic carbocycles. The molecular weight excluding hydrogens is 270 g/mol. The van der Waals surface area contributed by atoms with E-state index >= 15 is 0 Å². The summed E-state index contributed by atoms with van der Waals surface area (Å²) in [6.07, 6.45) is 0. The van der Waals surface area contributed by atoms with Gasteiger partial charge in [-0.2, -0.15) is 0 Å². The average Bonchev–Trinajstić information content (AvgIpc) is 2.78. The fraction of sp³-hybridized carbons (Fsp3) is 0.176. The van der Waals surface area contributed by atoms with Gasteiger partial charge in [0.05, 0.1) is 0 Å². The molecule has 0 radical (unpaired) electrons. The van der Waals surface area contributed by atoms with Gasteiger partial charge in [-0.3, -0.25) is 4.90 Å². The first-order valence-electron chi connectivity index (χ1n) is 6.70. The topological polar surface area (TPSA) is 12.5 Å². The SMILES string of the molecule is CN1CC2=C(C1)c1cc(Cl)ccc1Oc1ccccc12. The molecule has 100 valence electrons. The summed E-state index contributed by atoms with van der Waals surface area (Å²) in [7, 11) is 2.14. The summed E-state index contributed by atoms with van der Waals surface area (Å²) in [5, 5.41) is 0.750. The average molecular weight is 284 g/mol. The van der Waals surface area contributed by atoms with Crippen LogP contribution in [0.4, 0.5) is 0 Å². The molecule has 4 rings (SSSR count). The molecule has 2 aliphatic heterocycles. The molecule has 2 aliphatic rings. The third kappa shape index (κ3) is 1.76. The molecular formula is C17H14ClNO. The third-order valence-corrected chi connectivity index (χ3v) is 4.15. The van der Waals surface area contributed by atoms with Gasteiger partial charge in [0.2, 0.25) is 0 Å². The number of hydrogen-bond donors (Lipinski definition) is 0. The zero-order valence-electron chi connectivity index (χ0n) is 11.2. The highest BCUT2D eigenvalue weighted by molar-refractivity contribution is 6.30. The Labute approximate surface area is 123 Å². The van der Waals surface area contributed by atoms with Crippen LogP contribution in [0.3, 0.4) is 0 Å². The van der Waals surface area contributed by atoms with Crippen LogP contribution in [0.5, 0.6) is 11.5 Å². The molecule has 0 saturated heterocycles. The van der Waals surface area contributed by atoms with Crippen LogP contribution >= 0.6 is 11.6 Å². The zero-order chi connectivity index (χ0) is 13.7. The van der Waals surface area contributed by atoms with E-state index in [0.717, 1.165) is 35.2 Å². The smallest absolute Gasteiger partial charge is 0.135 e. The van der Waals surface area contributed by atoms with Gasteiger partial charge in [0.15, 0.2) is 0 Å². The minimum Gasteiger partial charge on any atom is -0.456 e. The molecule has 0 fully saturated rings. The minimum atomic E-state index is 0.750. The summed E-state index contributed by atoms with van der Waals surface area (Å²) >= 11 is 6.18. The Bertz CT molecular complexity index is 736. The lowest BCUT2D eigenvalue weighted by atomic mass is 9.97. The zero-order valence-corrected chi connectivity index (χ0v) is 11.9. The van der Waals surface area contributed by atoms with E-state index in [-0.39, 0.29) is 0 Å². The van der Waals surface area contributed by atoms with E-state index < -0.39 is 0 Å². The van der Waals surface area contributed by atoms with Crippen molar-refractivity contribution in [3.05, 3.63) is 58.6 Å². The van der Waals surface area contributed by atoms with E-state index in [9.17, 15) is 0 Å². The lowest BCUT2D eigenvalue weighted by Gasteiger charge is -2.14. The van der Waals surface area contributed by atoms with Gasteiger partial charge in [0, 0.05) is 29.2 Å². The van der Waals surface area contributed by atoms with Crippen molar-refractivity contribution >= 4 is 22.7 Å². The number of nitrogens with zero attached hydrogens (tertiary/aromatic N) is 1. The van der Waals surface area contributed by atoms with Crippen LogP contribution in [-0.4, -0.2) is 25.0 Å². The number of rotatable bonds is 0. The summed E-state index contributed by atoms with van der Waals surface area (Å²) in [6.45, 7) is 1.88. The number of fused-ring (bicyclic) bond motifs is 4. The molecule has 3 heteroatoms. The van der Waals surface area contributed by atoms with Gasteiger partial charge in [-0.25, -0.2) is 0 Å². The maximum atomic E-state index is 6.18. The van der Waals surface area contributed by atoms with Gasteiger partial charge in [-0.15, -0.1) is 0 Å². The molecule has 2 aromatic rings. The van der Waals surface area contributed by atoms with Crippen molar-refractivity contribution in [1.82, 2.24) is 4.90 Å². The number of para-hydroxylation sites is 1. The van der Waals surface area contributed by atoms with Crippen LogP contribution in [0.15, 0.2) is 42.5 Å². The fourth-order valence-corrected chi connectivity index (χ4v) is 3.20. The summed E-state index contributed by atoms with van der Waals surface area (Å²) in [6, 6.07) is 14.1. The van der Waals surface area contributed by atoms with Gasteiger partial charge in [0.25, 0.3) is 0 Å². The van der Waals surface area contributed by atoms with Gasteiger partial charge >= 0.3 is 0 Å². The van der Waals surface area contributed by atoms with Crippen molar-refractivity contribution in [1.29, 1.82) is 0 Å². The predicted molar refractivity (Wildman–Crippen MR) is 82.3 cm³/mol. The lowest BCUT2D eigenvalue weighted by molar-refractivity contribution is 0.437. The molecule has 2 nitrogen and oxygen atoms in total. The minimum absolute atomic E-state index is 0.750. The molecule has 0 spiro atoms. The Morgan fingerprint density at radius 3 is 2.50 bits per heavy atom. The fourth-order valence-electron chi connectivity index (χ4n) is 3.03. The first kappa shape index (κ1) is 12.0. The van der Waals surface area contributed by atoms with Gasteiger partial charge in [0.1, 0.15) is 11.5 Å². The van der Waals surface area contributed by atoms with E-state index in [1.165, 1.54) is 16.7 Å². The lowest BCUT2D eigenvalue weighted by Crippen LogP contribution is -2.15. The summed E-state index contributed by atoms with van der Waals surface area (Å²) in [5.41, 5.74) is 4.99. The maximum Gasteiger partial charge on any atom is 0.135 e. The van der Waals surface area contributed by atoms with Gasteiger partial charge < -0.3 is 4.74 Å². The highest BCUT2D eigenvalue weighted by Gasteiger charge is 2.28. The van der Waals surface area contributed by atoms with Crippen molar-refractivity contribution in [3.63, 3.8) is 0 Å². The largest absolute Gasteiger partial charge is 0.456 e. The van der Waals surface area contributed by atoms with E-state index in [1.54, 1.807) is 0 Å². The van der Waals surface area contributed by atoms with E-state index in [4.69, 9.17) is 16.3 Å². The van der Waals surface area contributed by atoms with Crippen LogP contribution in [0.2, 0.25) is 5.02 Å². The predicted octanol–water partition coefficient (Wildman–Crippen LogP) is 4.30. The summed E-state index contributed by atoms with van der Waals surface area (Å²) in [4.78, 5) is 2.32. The molecule has 0 bridgehead atoms. The quantitative estimate of drug-likeness (QED) is 0.715. The van der Waals surface area contributed by atoms with Crippen LogP contribution < -0.4 is 4.74 Å². The van der Waals surface area contributed by atoms with Crippen molar-refractivity contribution < 1.29 is 4.74 Å². The standard InChI is InChI=1S/C17H14ClNO/c1-19-9-14-12-4-2-3-5-16(12)20-17-7-6-11(18)8-13(17)15(14)10-19/h2-8H,9-10H2,1H3. The van der Waals surface area contributed by atoms with Crippen LogP contribution in [0, 0.1) is 0 Å². The van der Waals surface area contributed by atoms with Crippen molar-refractivity contribution in [3.8, 4) is 11.5 Å². The van der Waals surface area contributed by atoms with Gasteiger partial charge in [-0.1, -0.05) is 29.8 Å². The number of benzene rings is 2. The number of hydrogen-bond acceptors (Lipinski definition) is 2. The molecule has 0 N–H and O–H groups in total. The van der Waals surface area contributed by atoms with E-state index in [2.05, 4.69) is 24.1 Å². The molecule has 20 heavy (non-hydrogen) atoms. The van der Waals surface area contributed by atoms with Crippen molar-refractivity contribution in [2.45, 2.75) is 0 Å². The first-order chi connectivity index (χ1) is 9.72. The second-order valence-corrected chi connectivity index (χ2v) is 5.80. The van der Waals surface area contributed by atoms with Crippen molar-refractivity contribution in [2.75, 3.05) is 20.1 Å². The maximum absolute atomic E-state index is 6.18. The normalized spacial score (nSPS) is 17.1. The highest BCUT2D eigenvalue weighted by atomic mass is 35.5. The first-order valence-corrected chi connectivity index (χ1v) is 7.08. The van der Waals surface area contributed by atoms with E-state index in [0.29, 0.717) is 0 Å². The molecule has 0 amide bonds. The second-order valence-electron chi connectivity index (χ2n) is 5.37. The molecule has 0 atom stereocenters. The number of likely N-dealkylation sites (N-methyl/N-ethyl adjacent to an activating group) is 1. The highest BCUT2D eigenvalue weighted by Crippen LogP contribution is 2.45. The Morgan fingerprint density at radius 1 is 0.950 bits per heavy atom. The Balaban J connectivity index is 2.02. The second kappa shape index (κ2) is 4.37. The Kier molecular flexibility index (Phi) is 2.62. The summed E-state index contributed by atoms with van der Waals surface area (Å²) < 4.78 is 6.11. The third-order valence-electron chi connectivity index (χ3n) is 3.92. The molecule has 0 saturated carbocycles. The van der Waals surface area contributed by atoms with Crippen molar-refractivity contribution in [2.24, 2.45) is 0 Å². The molecule has 0 aliphatic carbocycles. The summed E-state index contributed by atoms with van der Waals surface area (Å²) in [5.74, 6) is 1.82. The van der Waals surface area contributed by atoms with Gasteiger partial charge in [-0.05, 0) is 42.5 Å². The van der Waals surface area contributed by atoms with Crippen LogP contribution in [0.1, 0.15) is 11.1 Å². The molecule has 0 unspecified atom stereocenters. The molecule has 2 heterocycles. The Hall–Kier alpha value is -1.77. The molecule has 0 aromatic heterocycles.